The van der Waals surface area contributed by atoms with Gasteiger partial charge in [-0.2, -0.15) is 0 Å². The Labute approximate surface area is 92.5 Å². The SMILES string of the molecule is N[C@H](Cc1cc(O)ccc1CCF)C(=O)O. The van der Waals surface area contributed by atoms with E-state index in [0.29, 0.717) is 11.1 Å². The van der Waals surface area contributed by atoms with E-state index in [2.05, 4.69) is 0 Å². The molecule has 1 aromatic carbocycles. The quantitative estimate of drug-likeness (QED) is 0.696. The van der Waals surface area contributed by atoms with Gasteiger partial charge in [0, 0.05) is 6.42 Å². The van der Waals surface area contributed by atoms with Gasteiger partial charge >= 0.3 is 5.97 Å². The number of alkyl halides is 1. The average molecular weight is 227 g/mol. The summed E-state index contributed by atoms with van der Waals surface area (Å²) in [4.78, 5) is 10.6. The summed E-state index contributed by atoms with van der Waals surface area (Å²) in [5.41, 5.74) is 6.64. The third kappa shape index (κ3) is 3.20. The Kier molecular flexibility index (Phi) is 4.25. The second-order valence-electron chi connectivity index (χ2n) is 3.54. The van der Waals surface area contributed by atoms with E-state index in [1.807, 2.05) is 0 Å². The Morgan fingerprint density at radius 1 is 1.44 bits per heavy atom. The van der Waals surface area contributed by atoms with Gasteiger partial charge in [0.25, 0.3) is 0 Å². The van der Waals surface area contributed by atoms with E-state index in [1.54, 1.807) is 6.07 Å². The molecule has 0 aliphatic rings. The fourth-order valence-corrected chi connectivity index (χ4v) is 1.47. The number of nitrogens with two attached hydrogens (primary N) is 1. The summed E-state index contributed by atoms with van der Waals surface area (Å²) < 4.78 is 12.2. The van der Waals surface area contributed by atoms with E-state index < -0.39 is 18.7 Å². The fraction of sp³-hybridized carbons (Fsp3) is 0.364. The summed E-state index contributed by atoms with van der Waals surface area (Å²) in [5.74, 6) is -1.09. The van der Waals surface area contributed by atoms with Gasteiger partial charge in [0.2, 0.25) is 0 Å². The molecule has 0 aromatic heterocycles. The number of hydrogen-bond donors (Lipinski definition) is 3. The van der Waals surface area contributed by atoms with Gasteiger partial charge in [0.1, 0.15) is 11.8 Å². The van der Waals surface area contributed by atoms with Crippen molar-refractivity contribution < 1.29 is 19.4 Å². The van der Waals surface area contributed by atoms with Gasteiger partial charge in [-0.15, -0.1) is 0 Å². The van der Waals surface area contributed by atoms with Crippen LogP contribution in [0.15, 0.2) is 18.2 Å². The molecule has 0 radical (unpaired) electrons. The Hall–Kier alpha value is -1.62. The molecule has 5 heteroatoms. The molecule has 1 aromatic rings. The first kappa shape index (κ1) is 12.4. The lowest BCUT2D eigenvalue weighted by Gasteiger charge is -2.11. The molecule has 88 valence electrons. The minimum absolute atomic E-state index is 0.0233. The van der Waals surface area contributed by atoms with Crippen LogP contribution in [0.1, 0.15) is 11.1 Å². The lowest BCUT2D eigenvalue weighted by molar-refractivity contribution is -0.138. The van der Waals surface area contributed by atoms with Crippen LogP contribution in [0.5, 0.6) is 5.75 Å². The third-order valence-electron chi connectivity index (χ3n) is 2.31. The van der Waals surface area contributed by atoms with Gasteiger partial charge in [-0.25, -0.2) is 0 Å². The van der Waals surface area contributed by atoms with Crippen LogP contribution in [0.2, 0.25) is 0 Å². The van der Waals surface area contributed by atoms with Gasteiger partial charge in [-0.1, -0.05) is 6.07 Å². The standard InChI is InChI=1S/C11H14FNO3/c12-4-3-7-1-2-9(14)5-8(7)6-10(13)11(15)16/h1-2,5,10,14H,3-4,6,13H2,(H,15,16)/t10-/m1/s1. The van der Waals surface area contributed by atoms with Crippen LogP contribution in [-0.4, -0.2) is 28.9 Å². The molecule has 0 unspecified atom stereocenters. The maximum absolute atomic E-state index is 12.2. The van der Waals surface area contributed by atoms with Crippen molar-refractivity contribution in [3.63, 3.8) is 0 Å². The fourth-order valence-electron chi connectivity index (χ4n) is 1.47. The van der Waals surface area contributed by atoms with Crippen molar-refractivity contribution in [3.05, 3.63) is 29.3 Å². The van der Waals surface area contributed by atoms with Crippen molar-refractivity contribution in [2.75, 3.05) is 6.67 Å². The summed E-state index contributed by atoms with van der Waals surface area (Å²) in [6.45, 7) is -0.528. The molecule has 0 amide bonds. The normalized spacial score (nSPS) is 12.4. The first-order chi connectivity index (χ1) is 7.54. The van der Waals surface area contributed by atoms with Crippen molar-refractivity contribution in [3.8, 4) is 5.75 Å². The highest BCUT2D eigenvalue weighted by molar-refractivity contribution is 5.73. The number of aliphatic carboxylic acids is 1. The first-order valence-corrected chi connectivity index (χ1v) is 4.89. The van der Waals surface area contributed by atoms with Gasteiger partial charge in [-0.3, -0.25) is 9.18 Å². The van der Waals surface area contributed by atoms with Crippen molar-refractivity contribution in [1.29, 1.82) is 0 Å². The zero-order valence-corrected chi connectivity index (χ0v) is 8.69. The van der Waals surface area contributed by atoms with E-state index in [1.165, 1.54) is 12.1 Å². The Morgan fingerprint density at radius 3 is 2.69 bits per heavy atom. The maximum Gasteiger partial charge on any atom is 0.320 e. The Balaban J connectivity index is 2.91. The highest BCUT2D eigenvalue weighted by Crippen LogP contribution is 2.18. The molecule has 0 fully saturated rings. The van der Waals surface area contributed by atoms with E-state index in [0.717, 1.165) is 0 Å². The largest absolute Gasteiger partial charge is 0.508 e. The van der Waals surface area contributed by atoms with E-state index in [4.69, 9.17) is 10.8 Å². The predicted molar refractivity (Wildman–Crippen MR) is 57.1 cm³/mol. The van der Waals surface area contributed by atoms with Crippen LogP contribution in [0.4, 0.5) is 4.39 Å². The van der Waals surface area contributed by atoms with E-state index >= 15 is 0 Å². The number of aryl methyl sites for hydroxylation is 1. The van der Waals surface area contributed by atoms with Gasteiger partial charge in [-0.05, 0) is 29.7 Å². The average Bonchev–Trinajstić information content (AvgIpc) is 2.22. The molecule has 0 saturated heterocycles. The summed E-state index contributed by atoms with van der Waals surface area (Å²) in [6.07, 6.45) is 0.279. The van der Waals surface area contributed by atoms with Crippen molar-refractivity contribution in [1.82, 2.24) is 0 Å². The van der Waals surface area contributed by atoms with Crippen molar-refractivity contribution in [2.24, 2.45) is 5.73 Å². The van der Waals surface area contributed by atoms with Crippen LogP contribution in [0, 0.1) is 0 Å². The number of phenolic OH excluding ortho intramolecular Hbond substituents is 1. The molecule has 0 saturated carbocycles. The highest BCUT2D eigenvalue weighted by atomic mass is 19.1. The van der Waals surface area contributed by atoms with E-state index in [9.17, 15) is 14.3 Å². The monoisotopic (exact) mass is 227 g/mol. The molecule has 4 N–H and O–H groups in total. The van der Waals surface area contributed by atoms with Crippen LogP contribution < -0.4 is 5.73 Å². The summed E-state index contributed by atoms with van der Waals surface area (Å²) in [6, 6.07) is 3.41. The molecule has 0 spiro atoms. The lowest BCUT2D eigenvalue weighted by atomic mass is 9.98. The van der Waals surface area contributed by atoms with Crippen LogP contribution in [0.3, 0.4) is 0 Å². The number of rotatable bonds is 5. The molecule has 4 nitrogen and oxygen atoms in total. The number of carbonyl (C=O) groups is 1. The van der Waals surface area contributed by atoms with Crippen LogP contribution in [0.25, 0.3) is 0 Å². The van der Waals surface area contributed by atoms with Crippen LogP contribution >= 0.6 is 0 Å². The summed E-state index contributed by atoms with van der Waals surface area (Å²) >= 11 is 0. The number of phenols is 1. The minimum atomic E-state index is -1.12. The van der Waals surface area contributed by atoms with Gasteiger partial charge in [0.05, 0.1) is 6.67 Å². The molecule has 16 heavy (non-hydrogen) atoms. The molecule has 0 heterocycles. The number of halogens is 1. The summed E-state index contributed by atoms with van der Waals surface area (Å²) in [5, 5.41) is 17.9. The third-order valence-corrected chi connectivity index (χ3v) is 2.31. The second kappa shape index (κ2) is 5.46. The number of hydrogen-bond acceptors (Lipinski definition) is 3. The molecule has 0 aliphatic heterocycles. The van der Waals surface area contributed by atoms with Crippen LogP contribution in [-0.2, 0) is 17.6 Å². The molecule has 1 rings (SSSR count). The van der Waals surface area contributed by atoms with E-state index in [-0.39, 0.29) is 18.6 Å². The number of carboxylic acids is 1. The minimum Gasteiger partial charge on any atom is -0.508 e. The Morgan fingerprint density at radius 2 is 2.12 bits per heavy atom. The number of carboxylic acid groups (broad SMARTS) is 1. The second-order valence-corrected chi connectivity index (χ2v) is 3.54. The molecule has 0 aliphatic carbocycles. The first-order valence-electron chi connectivity index (χ1n) is 4.89. The number of aromatic hydroxyl groups is 1. The van der Waals surface area contributed by atoms with Gasteiger partial charge < -0.3 is 15.9 Å². The zero-order valence-electron chi connectivity index (χ0n) is 8.69. The van der Waals surface area contributed by atoms with Crippen molar-refractivity contribution in [2.45, 2.75) is 18.9 Å². The molecule has 1 atom stereocenters. The molecular weight excluding hydrogens is 213 g/mol. The maximum atomic E-state index is 12.2. The topological polar surface area (TPSA) is 83.5 Å². The lowest BCUT2D eigenvalue weighted by Crippen LogP contribution is -2.32. The Bertz CT molecular complexity index is 381. The molecular formula is C11H14FNO3. The smallest absolute Gasteiger partial charge is 0.320 e. The summed E-state index contributed by atoms with van der Waals surface area (Å²) in [7, 11) is 0. The van der Waals surface area contributed by atoms with Crippen molar-refractivity contribution >= 4 is 5.97 Å². The van der Waals surface area contributed by atoms with Gasteiger partial charge in [0.15, 0.2) is 0 Å². The zero-order chi connectivity index (χ0) is 12.1. The molecule has 0 bridgehead atoms. The predicted octanol–water partition coefficient (Wildman–Crippen LogP) is 0.859. The highest BCUT2D eigenvalue weighted by Gasteiger charge is 2.14. The number of benzene rings is 1.